The molecule has 0 atom stereocenters. The van der Waals surface area contributed by atoms with E-state index in [0.29, 0.717) is 24.2 Å². The van der Waals surface area contributed by atoms with Gasteiger partial charge in [0, 0.05) is 18.4 Å². The summed E-state index contributed by atoms with van der Waals surface area (Å²) < 4.78 is 17.8. The number of nitrogens with zero attached hydrogens (tertiary/aromatic N) is 1. The fourth-order valence-electron chi connectivity index (χ4n) is 2.29. The molecule has 0 heterocycles. The van der Waals surface area contributed by atoms with Gasteiger partial charge in [-0.1, -0.05) is 12.1 Å². The van der Waals surface area contributed by atoms with Crippen molar-refractivity contribution in [2.75, 3.05) is 18.5 Å². The van der Waals surface area contributed by atoms with Crippen LogP contribution in [-0.4, -0.2) is 25.0 Å². The van der Waals surface area contributed by atoms with Crippen molar-refractivity contribution in [3.05, 3.63) is 77.2 Å². The number of halogens is 1. The Bertz CT molecular complexity index is 885. The van der Waals surface area contributed by atoms with Gasteiger partial charge in [-0.3, -0.25) is 4.79 Å². The topological polar surface area (TPSA) is 91.2 Å². The number of benzene rings is 2. The third-order valence-electron chi connectivity index (χ3n) is 3.74. The average Bonchev–Trinajstić information content (AvgIpc) is 2.70. The lowest BCUT2D eigenvalue weighted by Crippen LogP contribution is -2.18. The van der Waals surface area contributed by atoms with Gasteiger partial charge in [-0.05, 0) is 55.3 Å². The van der Waals surface area contributed by atoms with Crippen LogP contribution in [0.1, 0.15) is 22.8 Å². The first-order chi connectivity index (χ1) is 13.5. The van der Waals surface area contributed by atoms with E-state index < -0.39 is 11.9 Å². The Morgan fingerprint density at radius 2 is 1.82 bits per heavy atom. The molecule has 6 nitrogen and oxygen atoms in total. The molecule has 1 amide bonds. The predicted molar refractivity (Wildman–Crippen MR) is 103 cm³/mol. The molecule has 0 aliphatic heterocycles. The molecule has 2 N–H and O–H groups in total. The maximum absolute atomic E-state index is 12.9. The highest BCUT2D eigenvalue weighted by Crippen LogP contribution is 2.12. The molecular formula is C21H20FN3O3. The van der Waals surface area contributed by atoms with Gasteiger partial charge in [-0.15, -0.1) is 0 Å². The Hall–Kier alpha value is -3.66. The van der Waals surface area contributed by atoms with Gasteiger partial charge in [0.25, 0.3) is 5.91 Å². The summed E-state index contributed by atoms with van der Waals surface area (Å²) in [4.78, 5) is 23.8. The Kier molecular flexibility index (Phi) is 7.73. The second-order valence-electron chi connectivity index (χ2n) is 5.75. The highest BCUT2D eigenvalue weighted by atomic mass is 19.1. The minimum absolute atomic E-state index is 0.0893. The Morgan fingerprint density at radius 3 is 2.43 bits per heavy atom. The number of amides is 1. The fraction of sp³-hybridized carbons (Fsp3) is 0.190. The molecule has 0 spiro atoms. The first-order valence-electron chi connectivity index (χ1n) is 8.70. The van der Waals surface area contributed by atoms with Gasteiger partial charge < -0.3 is 15.4 Å². The van der Waals surface area contributed by atoms with Crippen molar-refractivity contribution in [3.63, 3.8) is 0 Å². The van der Waals surface area contributed by atoms with E-state index in [-0.39, 0.29) is 18.0 Å². The zero-order valence-electron chi connectivity index (χ0n) is 15.4. The summed E-state index contributed by atoms with van der Waals surface area (Å²) in [6.07, 6.45) is 1.96. The van der Waals surface area contributed by atoms with Crippen LogP contribution < -0.4 is 10.6 Å². The van der Waals surface area contributed by atoms with Gasteiger partial charge in [0.1, 0.15) is 17.5 Å². The summed E-state index contributed by atoms with van der Waals surface area (Å²) >= 11 is 0. The number of nitrogens with one attached hydrogen (secondary N) is 2. The molecule has 0 saturated heterocycles. The zero-order valence-corrected chi connectivity index (χ0v) is 15.4. The van der Waals surface area contributed by atoms with Crippen LogP contribution in [0, 0.1) is 17.1 Å². The second kappa shape index (κ2) is 10.5. The molecule has 2 aromatic rings. The van der Waals surface area contributed by atoms with Crippen molar-refractivity contribution in [2.24, 2.45) is 0 Å². The molecule has 2 rings (SSSR count). The lowest BCUT2D eigenvalue weighted by atomic mass is 10.1. The lowest BCUT2D eigenvalue weighted by Gasteiger charge is -2.07. The summed E-state index contributed by atoms with van der Waals surface area (Å²) in [5.74, 6) is -1.31. The second-order valence-corrected chi connectivity index (χ2v) is 5.75. The van der Waals surface area contributed by atoms with E-state index in [4.69, 9.17) is 4.74 Å². The van der Waals surface area contributed by atoms with Crippen LogP contribution in [0.2, 0.25) is 0 Å². The van der Waals surface area contributed by atoms with E-state index >= 15 is 0 Å². The highest BCUT2D eigenvalue weighted by molar-refractivity contribution is 6.06. The third kappa shape index (κ3) is 6.25. The van der Waals surface area contributed by atoms with E-state index in [1.54, 1.807) is 31.2 Å². The van der Waals surface area contributed by atoms with Crippen LogP contribution in [-0.2, 0) is 16.0 Å². The average molecular weight is 381 g/mol. The SMILES string of the molecule is CCOC(=O)c1ccc(NC(=O)/C(C#N)=C\NCCc2ccc(F)cc2)cc1. The molecule has 0 aromatic heterocycles. The van der Waals surface area contributed by atoms with Crippen molar-refractivity contribution in [3.8, 4) is 6.07 Å². The maximum Gasteiger partial charge on any atom is 0.338 e. The molecule has 0 radical (unpaired) electrons. The van der Waals surface area contributed by atoms with E-state index in [1.807, 2.05) is 6.07 Å². The smallest absolute Gasteiger partial charge is 0.338 e. The number of hydrogen-bond donors (Lipinski definition) is 2. The number of carbonyl (C=O) groups is 2. The number of anilines is 1. The van der Waals surface area contributed by atoms with E-state index in [0.717, 1.165) is 5.56 Å². The molecule has 2 aromatic carbocycles. The molecule has 144 valence electrons. The van der Waals surface area contributed by atoms with E-state index in [9.17, 15) is 19.2 Å². The van der Waals surface area contributed by atoms with Gasteiger partial charge >= 0.3 is 5.97 Å². The number of esters is 1. The molecule has 0 aliphatic carbocycles. The van der Waals surface area contributed by atoms with Gasteiger partial charge in [0.05, 0.1) is 12.2 Å². The lowest BCUT2D eigenvalue weighted by molar-refractivity contribution is -0.112. The van der Waals surface area contributed by atoms with Gasteiger partial charge in [0.2, 0.25) is 0 Å². The van der Waals surface area contributed by atoms with E-state index in [2.05, 4.69) is 10.6 Å². The first kappa shape index (κ1) is 20.6. The molecular weight excluding hydrogens is 361 g/mol. The molecule has 7 heteroatoms. The normalized spacial score (nSPS) is 10.7. The quantitative estimate of drug-likeness (QED) is 0.317. The number of nitriles is 1. The monoisotopic (exact) mass is 381 g/mol. The van der Waals surface area contributed by atoms with E-state index in [1.165, 1.54) is 30.5 Å². The molecule has 28 heavy (non-hydrogen) atoms. The summed E-state index contributed by atoms with van der Waals surface area (Å²) in [6.45, 7) is 2.48. The fourth-order valence-corrected chi connectivity index (χ4v) is 2.29. The molecule has 0 unspecified atom stereocenters. The van der Waals surface area contributed by atoms with Crippen molar-refractivity contribution >= 4 is 17.6 Å². The third-order valence-corrected chi connectivity index (χ3v) is 3.74. The van der Waals surface area contributed by atoms with Gasteiger partial charge in [-0.25, -0.2) is 9.18 Å². The largest absolute Gasteiger partial charge is 0.462 e. The van der Waals surface area contributed by atoms with Crippen molar-refractivity contribution in [1.29, 1.82) is 5.26 Å². The van der Waals surface area contributed by atoms with Crippen LogP contribution in [0.15, 0.2) is 60.3 Å². The number of carbonyl (C=O) groups excluding carboxylic acids is 2. The van der Waals surface area contributed by atoms with Crippen LogP contribution in [0.4, 0.5) is 10.1 Å². The summed E-state index contributed by atoms with van der Waals surface area (Å²) in [7, 11) is 0. The summed E-state index contributed by atoms with van der Waals surface area (Å²) in [6, 6.07) is 14.1. The molecule has 0 aliphatic rings. The number of rotatable bonds is 8. The van der Waals surface area contributed by atoms with Gasteiger partial charge in [-0.2, -0.15) is 5.26 Å². The molecule has 0 fully saturated rings. The Balaban J connectivity index is 1.88. The van der Waals surface area contributed by atoms with Gasteiger partial charge in [0.15, 0.2) is 0 Å². The minimum Gasteiger partial charge on any atom is -0.462 e. The number of ether oxygens (including phenoxy) is 1. The molecule has 0 bridgehead atoms. The van der Waals surface area contributed by atoms with Crippen molar-refractivity contribution in [1.82, 2.24) is 5.32 Å². The minimum atomic E-state index is -0.569. The number of hydrogen-bond acceptors (Lipinski definition) is 5. The highest BCUT2D eigenvalue weighted by Gasteiger charge is 2.10. The van der Waals surface area contributed by atoms with Crippen molar-refractivity contribution in [2.45, 2.75) is 13.3 Å². The van der Waals surface area contributed by atoms with Crippen molar-refractivity contribution < 1.29 is 18.7 Å². The van der Waals surface area contributed by atoms with Crippen LogP contribution in [0.5, 0.6) is 0 Å². The summed E-state index contributed by atoms with van der Waals surface area (Å²) in [5.41, 5.74) is 1.67. The Morgan fingerprint density at radius 1 is 1.14 bits per heavy atom. The van der Waals surface area contributed by atoms with Crippen LogP contribution in [0.3, 0.4) is 0 Å². The molecule has 0 saturated carbocycles. The standard InChI is InChI=1S/C21H20FN3O3/c1-2-28-21(27)16-5-9-19(10-6-16)25-20(26)17(13-23)14-24-12-11-15-3-7-18(22)8-4-15/h3-10,14,24H,2,11-12H2,1H3,(H,25,26)/b17-14-. The summed E-state index contributed by atoms with van der Waals surface area (Å²) in [5, 5.41) is 14.7. The predicted octanol–water partition coefficient (Wildman–Crippen LogP) is 3.18. The van der Waals surface area contributed by atoms with Crippen LogP contribution in [0.25, 0.3) is 0 Å². The first-order valence-corrected chi connectivity index (χ1v) is 8.70. The zero-order chi connectivity index (χ0) is 20.4. The Labute approximate surface area is 162 Å². The maximum atomic E-state index is 12.9. The van der Waals surface area contributed by atoms with Crippen LogP contribution >= 0.6 is 0 Å².